The fraction of sp³-hybridized carbons (Fsp3) is 0.769. The summed E-state index contributed by atoms with van der Waals surface area (Å²) in [6, 6.07) is 0. The van der Waals surface area contributed by atoms with Crippen LogP contribution < -0.4 is 5.32 Å². The number of nitrogens with zero attached hydrogens (tertiary/aromatic N) is 1. The predicted octanol–water partition coefficient (Wildman–Crippen LogP) is 1.39. The zero-order valence-corrected chi connectivity index (χ0v) is 10.4. The molecule has 3 nitrogen and oxygen atoms in total. The molecule has 1 aliphatic rings. The van der Waals surface area contributed by atoms with Crippen LogP contribution in [0.4, 0.5) is 0 Å². The van der Waals surface area contributed by atoms with E-state index in [9.17, 15) is 4.79 Å². The van der Waals surface area contributed by atoms with Gasteiger partial charge in [-0.05, 0) is 26.7 Å². The molecule has 0 aromatic heterocycles. The third kappa shape index (κ3) is 4.24. The second kappa shape index (κ2) is 5.91. The third-order valence-electron chi connectivity index (χ3n) is 3.00. The molecule has 1 heterocycles. The highest BCUT2D eigenvalue weighted by molar-refractivity contribution is 5.78. The number of nitrogens with one attached hydrogen (secondary N) is 1. The molecule has 0 atom stereocenters. The average Bonchev–Trinajstić information content (AvgIpc) is 2.54. The lowest BCUT2D eigenvalue weighted by atomic mass is 10.1. The Hall–Kier alpha value is -1.01. The maximum atomic E-state index is 11.9. The van der Waals surface area contributed by atoms with E-state index < -0.39 is 5.54 Å². The first-order valence-corrected chi connectivity index (χ1v) is 6.06. The maximum absolute atomic E-state index is 11.9. The minimum Gasteiger partial charge on any atom is -0.342 e. The van der Waals surface area contributed by atoms with E-state index in [0.29, 0.717) is 6.54 Å². The molecule has 0 aromatic rings. The van der Waals surface area contributed by atoms with E-state index in [1.807, 2.05) is 18.7 Å². The van der Waals surface area contributed by atoms with Crippen molar-refractivity contribution >= 4 is 5.91 Å². The molecule has 0 bridgehead atoms. The lowest BCUT2D eigenvalue weighted by molar-refractivity contribution is -0.130. The Bertz CT molecular complexity index is 270. The molecule has 1 aliphatic heterocycles. The molecule has 0 unspecified atom stereocenters. The fourth-order valence-electron chi connectivity index (χ4n) is 1.78. The molecule has 1 amide bonds. The minimum absolute atomic E-state index is 0.172. The zero-order chi connectivity index (χ0) is 12.0. The molecule has 1 saturated heterocycles. The van der Waals surface area contributed by atoms with Crippen molar-refractivity contribution in [3.05, 3.63) is 0 Å². The largest absolute Gasteiger partial charge is 0.342 e. The highest BCUT2D eigenvalue weighted by Gasteiger charge is 2.19. The summed E-state index contributed by atoms with van der Waals surface area (Å²) in [4.78, 5) is 13.9. The first-order chi connectivity index (χ1) is 7.55. The van der Waals surface area contributed by atoms with Crippen LogP contribution in [0.15, 0.2) is 0 Å². The molecule has 0 radical (unpaired) electrons. The van der Waals surface area contributed by atoms with Gasteiger partial charge in [-0.2, -0.15) is 0 Å². The van der Waals surface area contributed by atoms with Gasteiger partial charge in [-0.25, -0.2) is 0 Å². The van der Waals surface area contributed by atoms with Crippen LogP contribution in [0.1, 0.15) is 39.5 Å². The van der Waals surface area contributed by atoms with Crippen LogP contribution in [-0.4, -0.2) is 36.0 Å². The lowest BCUT2D eigenvalue weighted by Crippen LogP contribution is -2.46. The lowest BCUT2D eigenvalue weighted by Gasteiger charge is -2.24. The quantitative estimate of drug-likeness (QED) is 0.732. The Kier molecular flexibility index (Phi) is 4.82. The molecule has 0 spiro atoms. The second-order valence-electron chi connectivity index (χ2n) is 4.92. The van der Waals surface area contributed by atoms with Gasteiger partial charge in [0.05, 0.1) is 12.1 Å². The molecule has 3 heteroatoms. The van der Waals surface area contributed by atoms with Gasteiger partial charge in [-0.3, -0.25) is 10.1 Å². The number of rotatable bonds is 3. The van der Waals surface area contributed by atoms with Crippen molar-refractivity contribution in [3.63, 3.8) is 0 Å². The highest BCUT2D eigenvalue weighted by atomic mass is 16.2. The summed E-state index contributed by atoms with van der Waals surface area (Å²) in [6.07, 6.45) is 10.1. The molecule has 1 rings (SSSR count). The smallest absolute Gasteiger partial charge is 0.236 e. The predicted molar refractivity (Wildman–Crippen MR) is 66.0 cm³/mol. The number of likely N-dealkylation sites (tertiary alicyclic amines) is 1. The third-order valence-corrected chi connectivity index (χ3v) is 3.00. The van der Waals surface area contributed by atoms with Crippen LogP contribution in [0, 0.1) is 12.3 Å². The van der Waals surface area contributed by atoms with E-state index >= 15 is 0 Å². The Morgan fingerprint density at radius 3 is 2.38 bits per heavy atom. The Labute approximate surface area is 98.6 Å². The second-order valence-corrected chi connectivity index (χ2v) is 4.92. The van der Waals surface area contributed by atoms with Gasteiger partial charge in [-0.1, -0.05) is 18.8 Å². The molecular weight excluding hydrogens is 200 g/mol. The van der Waals surface area contributed by atoms with Crippen molar-refractivity contribution in [2.75, 3.05) is 19.6 Å². The van der Waals surface area contributed by atoms with Crippen molar-refractivity contribution in [3.8, 4) is 12.3 Å². The van der Waals surface area contributed by atoms with Crippen molar-refractivity contribution in [2.45, 2.75) is 45.1 Å². The van der Waals surface area contributed by atoms with E-state index in [2.05, 4.69) is 11.2 Å². The normalized spacial score (nSPS) is 17.7. The molecule has 0 aromatic carbocycles. The monoisotopic (exact) mass is 222 g/mol. The maximum Gasteiger partial charge on any atom is 0.236 e. The summed E-state index contributed by atoms with van der Waals surface area (Å²) < 4.78 is 0. The van der Waals surface area contributed by atoms with Gasteiger partial charge in [0, 0.05) is 13.1 Å². The number of hydrogen-bond donors (Lipinski definition) is 1. The first-order valence-electron chi connectivity index (χ1n) is 6.06. The van der Waals surface area contributed by atoms with Gasteiger partial charge < -0.3 is 4.90 Å². The van der Waals surface area contributed by atoms with Crippen molar-refractivity contribution in [1.29, 1.82) is 0 Å². The summed E-state index contributed by atoms with van der Waals surface area (Å²) in [7, 11) is 0. The van der Waals surface area contributed by atoms with Crippen molar-refractivity contribution in [1.82, 2.24) is 10.2 Å². The highest BCUT2D eigenvalue weighted by Crippen LogP contribution is 2.09. The molecule has 16 heavy (non-hydrogen) atoms. The Morgan fingerprint density at radius 1 is 1.31 bits per heavy atom. The van der Waals surface area contributed by atoms with Crippen molar-refractivity contribution < 1.29 is 4.79 Å². The molecule has 0 saturated carbocycles. The standard InChI is InChI=1S/C13H22N2O/c1-4-13(2,3)14-11-12(16)15-9-7-5-6-8-10-15/h1,14H,5-11H2,2-3H3. The van der Waals surface area contributed by atoms with E-state index in [1.165, 1.54) is 12.8 Å². The summed E-state index contributed by atoms with van der Waals surface area (Å²) in [5.41, 5.74) is -0.401. The van der Waals surface area contributed by atoms with E-state index in [0.717, 1.165) is 25.9 Å². The average molecular weight is 222 g/mol. The molecule has 1 N–H and O–H groups in total. The zero-order valence-electron chi connectivity index (χ0n) is 10.4. The van der Waals surface area contributed by atoms with Gasteiger partial charge in [0.15, 0.2) is 0 Å². The van der Waals surface area contributed by atoms with Crippen LogP contribution in [0.5, 0.6) is 0 Å². The summed E-state index contributed by atoms with van der Waals surface area (Å²) in [5, 5.41) is 3.10. The summed E-state index contributed by atoms with van der Waals surface area (Å²) in [6.45, 7) is 5.95. The number of carbonyl (C=O) groups excluding carboxylic acids is 1. The molecule has 1 fully saturated rings. The SMILES string of the molecule is C#CC(C)(C)NCC(=O)N1CCCCCC1. The van der Waals surface area contributed by atoms with E-state index in [1.54, 1.807) is 0 Å². The molecular formula is C13H22N2O. The summed E-state index contributed by atoms with van der Waals surface area (Å²) >= 11 is 0. The van der Waals surface area contributed by atoms with Crippen LogP contribution in [0.3, 0.4) is 0 Å². The van der Waals surface area contributed by atoms with Crippen LogP contribution in [0.25, 0.3) is 0 Å². The first kappa shape index (κ1) is 13.1. The van der Waals surface area contributed by atoms with Gasteiger partial charge in [0.2, 0.25) is 5.91 Å². The Morgan fingerprint density at radius 2 is 1.88 bits per heavy atom. The van der Waals surface area contributed by atoms with Gasteiger partial charge in [-0.15, -0.1) is 6.42 Å². The summed E-state index contributed by atoms with van der Waals surface area (Å²) in [5.74, 6) is 2.80. The van der Waals surface area contributed by atoms with Crippen LogP contribution in [0.2, 0.25) is 0 Å². The van der Waals surface area contributed by atoms with Gasteiger partial charge in [0.25, 0.3) is 0 Å². The minimum atomic E-state index is -0.401. The van der Waals surface area contributed by atoms with E-state index in [-0.39, 0.29) is 5.91 Å². The van der Waals surface area contributed by atoms with Crippen LogP contribution in [-0.2, 0) is 4.79 Å². The van der Waals surface area contributed by atoms with Gasteiger partial charge in [0.1, 0.15) is 0 Å². The molecule has 90 valence electrons. The Balaban J connectivity index is 2.37. The van der Waals surface area contributed by atoms with Gasteiger partial charge >= 0.3 is 0 Å². The number of hydrogen-bond acceptors (Lipinski definition) is 2. The van der Waals surface area contributed by atoms with Crippen molar-refractivity contribution in [2.24, 2.45) is 0 Å². The van der Waals surface area contributed by atoms with E-state index in [4.69, 9.17) is 6.42 Å². The number of carbonyl (C=O) groups is 1. The fourth-order valence-corrected chi connectivity index (χ4v) is 1.78. The topological polar surface area (TPSA) is 32.3 Å². The number of amides is 1. The molecule has 0 aliphatic carbocycles. The van der Waals surface area contributed by atoms with Crippen LogP contribution >= 0.6 is 0 Å². The number of terminal acetylenes is 1.